The average molecular weight is 426 g/mol. The molecule has 3 aromatic rings. The molecule has 0 saturated carbocycles. The summed E-state index contributed by atoms with van der Waals surface area (Å²) in [6.45, 7) is 1.66. The number of methoxy groups -OCH3 is 1. The van der Waals surface area contributed by atoms with E-state index in [2.05, 4.69) is 15.9 Å². The van der Waals surface area contributed by atoms with Crippen molar-refractivity contribution in [3.05, 3.63) is 50.0 Å². The molecular formula is C17H13BrFNO4S. The number of rotatable bonds is 4. The van der Waals surface area contributed by atoms with Crippen LogP contribution in [0.4, 0.5) is 4.39 Å². The highest BCUT2D eigenvalue weighted by molar-refractivity contribution is 9.11. The summed E-state index contributed by atoms with van der Waals surface area (Å²) in [5.41, 5.74) is 1.26. The zero-order valence-electron chi connectivity index (χ0n) is 13.3. The number of carbonyl (C=O) groups excluding carboxylic acids is 1. The topological polar surface area (TPSA) is 68.5 Å². The van der Waals surface area contributed by atoms with Crippen LogP contribution in [0, 0.1) is 12.7 Å². The Bertz CT molecular complexity index is 1010. The van der Waals surface area contributed by atoms with Crippen LogP contribution in [0.3, 0.4) is 0 Å². The van der Waals surface area contributed by atoms with Gasteiger partial charge in [-0.2, -0.15) is 0 Å². The molecule has 5 nitrogen and oxygen atoms in total. The van der Waals surface area contributed by atoms with Gasteiger partial charge < -0.3 is 9.84 Å². The number of hydrogen-bond donors (Lipinski definition) is 1. The van der Waals surface area contributed by atoms with Crippen LogP contribution in [-0.2, 0) is 11.2 Å². The van der Waals surface area contributed by atoms with E-state index in [4.69, 9.17) is 4.74 Å². The minimum atomic E-state index is -1.03. The molecule has 2 aromatic heterocycles. The standard InChI is InChI=1S/C17H13BrFNO4S/c1-8-9(6-16(21)22)10-5-13(24-2)11(19)7-12(10)20(8)17(23)14-3-4-15(18)25-14/h3-5,7H,6H2,1-2H3,(H,21,22). The number of fused-ring (bicyclic) bond motifs is 1. The van der Waals surface area contributed by atoms with Gasteiger partial charge in [-0.1, -0.05) is 0 Å². The number of aliphatic carboxylic acids is 1. The molecule has 0 saturated heterocycles. The van der Waals surface area contributed by atoms with Crippen LogP contribution in [0.2, 0.25) is 0 Å². The highest BCUT2D eigenvalue weighted by atomic mass is 79.9. The van der Waals surface area contributed by atoms with Gasteiger partial charge in [-0.3, -0.25) is 14.2 Å². The lowest BCUT2D eigenvalue weighted by molar-refractivity contribution is -0.136. The van der Waals surface area contributed by atoms with Gasteiger partial charge in [0.05, 0.1) is 27.7 Å². The first-order chi connectivity index (χ1) is 11.8. The van der Waals surface area contributed by atoms with Crippen LogP contribution in [0.15, 0.2) is 28.1 Å². The molecule has 25 heavy (non-hydrogen) atoms. The van der Waals surface area contributed by atoms with Gasteiger partial charge in [0.2, 0.25) is 0 Å². The van der Waals surface area contributed by atoms with Gasteiger partial charge in [0.1, 0.15) is 0 Å². The molecule has 130 valence electrons. The first-order valence-electron chi connectivity index (χ1n) is 7.22. The molecule has 3 rings (SSSR count). The van der Waals surface area contributed by atoms with E-state index in [0.717, 1.165) is 3.79 Å². The number of ether oxygens (including phenoxy) is 1. The number of benzene rings is 1. The maximum Gasteiger partial charge on any atom is 0.307 e. The van der Waals surface area contributed by atoms with Crippen molar-refractivity contribution in [2.45, 2.75) is 13.3 Å². The van der Waals surface area contributed by atoms with E-state index in [0.29, 0.717) is 27.0 Å². The monoisotopic (exact) mass is 425 g/mol. The second-order valence-electron chi connectivity index (χ2n) is 5.38. The summed E-state index contributed by atoms with van der Waals surface area (Å²) in [5.74, 6) is -1.98. The third-order valence-corrected chi connectivity index (χ3v) is 5.54. The molecule has 0 unspecified atom stereocenters. The molecule has 0 radical (unpaired) electrons. The lowest BCUT2D eigenvalue weighted by Crippen LogP contribution is -2.13. The van der Waals surface area contributed by atoms with Crippen molar-refractivity contribution in [3.63, 3.8) is 0 Å². The molecule has 0 aliphatic rings. The van der Waals surface area contributed by atoms with E-state index < -0.39 is 11.8 Å². The number of halogens is 2. The van der Waals surface area contributed by atoms with Gasteiger partial charge in [0, 0.05) is 17.1 Å². The number of thiophene rings is 1. The summed E-state index contributed by atoms with van der Waals surface area (Å²) in [6, 6.07) is 6.05. The van der Waals surface area contributed by atoms with E-state index in [-0.39, 0.29) is 18.1 Å². The van der Waals surface area contributed by atoms with Gasteiger partial charge in [-0.25, -0.2) is 4.39 Å². The maximum atomic E-state index is 14.2. The lowest BCUT2D eigenvalue weighted by atomic mass is 10.1. The lowest BCUT2D eigenvalue weighted by Gasteiger charge is -2.06. The Hall–Kier alpha value is -2.19. The Balaban J connectivity index is 2.30. The number of hydrogen-bond acceptors (Lipinski definition) is 4. The smallest absolute Gasteiger partial charge is 0.307 e. The van der Waals surface area contributed by atoms with Crippen LogP contribution >= 0.6 is 27.3 Å². The molecule has 0 atom stereocenters. The van der Waals surface area contributed by atoms with Crippen LogP contribution in [0.5, 0.6) is 5.75 Å². The number of nitrogens with zero attached hydrogens (tertiary/aromatic N) is 1. The minimum Gasteiger partial charge on any atom is -0.494 e. The summed E-state index contributed by atoms with van der Waals surface area (Å²) in [6.07, 6.45) is -0.272. The van der Waals surface area contributed by atoms with E-state index >= 15 is 0 Å². The fourth-order valence-electron chi connectivity index (χ4n) is 2.81. The molecule has 8 heteroatoms. The van der Waals surface area contributed by atoms with Crippen LogP contribution in [-0.4, -0.2) is 28.7 Å². The zero-order chi connectivity index (χ0) is 18.3. The predicted molar refractivity (Wildman–Crippen MR) is 96.3 cm³/mol. The van der Waals surface area contributed by atoms with Gasteiger partial charge in [0.15, 0.2) is 11.6 Å². The largest absolute Gasteiger partial charge is 0.494 e. The summed E-state index contributed by atoms with van der Waals surface area (Å²) in [4.78, 5) is 24.6. The third kappa shape index (κ3) is 3.07. The second-order valence-corrected chi connectivity index (χ2v) is 7.85. The maximum absolute atomic E-state index is 14.2. The average Bonchev–Trinajstić information content (AvgIpc) is 3.08. The Morgan fingerprint density at radius 3 is 2.64 bits per heavy atom. The Kier molecular flexibility index (Phi) is 4.66. The molecule has 0 amide bonds. The third-order valence-electron chi connectivity index (χ3n) is 3.92. The molecule has 1 aromatic carbocycles. The van der Waals surface area contributed by atoms with E-state index in [1.54, 1.807) is 19.1 Å². The van der Waals surface area contributed by atoms with Crippen LogP contribution < -0.4 is 4.74 Å². The van der Waals surface area contributed by atoms with Crippen molar-refractivity contribution in [1.82, 2.24) is 4.57 Å². The van der Waals surface area contributed by atoms with Crippen molar-refractivity contribution in [3.8, 4) is 5.75 Å². The Morgan fingerprint density at radius 1 is 1.36 bits per heavy atom. The molecule has 0 aliphatic heterocycles. The van der Waals surface area contributed by atoms with Crippen molar-refractivity contribution in [2.24, 2.45) is 0 Å². The fraction of sp³-hybridized carbons (Fsp3) is 0.176. The van der Waals surface area contributed by atoms with Crippen molar-refractivity contribution >= 4 is 50.0 Å². The summed E-state index contributed by atoms with van der Waals surface area (Å²) < 4.78 is 21.3. The van der Waals surface area contributed by atoms with E-state index in [9.17, 15) is 19.1 Å². The molecular weight excluding hydrogens is 413 g/mol. The molecule has 0 spiro atoms. The Labute approximate surface area is 154 Å². The van der Waals surface area contributed by atoms with Gasteiger partial charge in [-0.15, -0.1) is 11.3 Å². The summed E-state index contributed by atoms with van der Waals surface area (Å²) in [7, 11) is 1.33. The number of carboxylic acid groups (broad SMARTS) is 1. The normalized spacial score (nSPS) is 11.0. The number of carboxylic acids is 1. The van der Waals surface area contributed by atoms with E-state index in [1.165, 1.54) is 35.1 Å². The molecule has 0 aliphatic carbocycles. The zero-order valence-corrected chi connectivity index (χ0v) is 15.7. The highest BCUT2D eigenvalue weighted by Crippen LogP contribution is 2.33. The van der Waals surface area contributed by atoms with Gasteiger partial charge in [0.25, 0.3) is 5.91 Å². The minimum absolute atomic E-state index is 0.00241. The summed E-state index contributed by atoms with van der Waals surface area (Å²) >= 11 is 4.57. The second kappa shape index (κ2) is 6.61. The molecule has 1 N–H and O–H groups in total. The fourth-order valence-corrected chi connectivity index (χ4v) is 4.13. The van der Waals surface area contributed by atoms with E-state index in [1.807, 2.05) is 0 Å². The molecule has 0 bridgehead atoms. The quantitative estimate of drug-likeness (QED) is 0.678. The van der Waals surface area contributed by atoms with Gasteiger partial charge in [-0.05, 0) is 46.6 Å². The first kappa shape index (κ1) is 17.6. The van der Waals surface area contributed by atoms with Gasteiger partial charge >= 0.3 is 5.97 Å². The van der Waals surface area contributed by atoms with Crippen LogP contribution in [0.1, 0.15) is 20.9 Å². The number of aromatic nitrogens is 1. The van der Waals surface area contributed by atoms with Crippen LogP contribution in [0.25, 0.3) is 10.9 Å². The first-order valence-corrected chi connectivity index (χ1v) is 8.83. The number of carbonyl (C=O) groups is 2. The predicted octanol–water partition coefficient (Wildman–Crippen LogP) is 4.24. The SMILES string of the molecule is COc1cc2c(CC(=O)O)c(C)n(C(=O)c3ccc(Br)s3)c2cc1F. The Morgan fingerprint density at radius 2 is 2.08 bits per heavy atom. The van der Waals surface area contributed by atoms with Crippen molar-refractivity contribution < 1.29 is 23.8 Å². The van der Waals surface area contributed by atoms with Crippen molar-refractivity contribution in [1.29, 1.82) is 0 Å². The summed E-state index contributed by atoms with van der Waals surface area (Å²) in [5, 5.41) is 9.68. The highest BCUT2D eigenvalue weighted by Gasteiger charge is 2.24. The molecule has 2 heterocycles. The van der Waals surface area contributed by atoms with Crippen molar-refractivity contribution in [2.75, 3.05) is 7.11 Å². The molecule has 0 fully saturated rings.